The average Bonchev–Trinajstić information content (AvgIpc) is 1.52. The zero-order valence-electron chi connectivity index (χ0n) is 67.0. The molecule has 574 valence electrons. The van der Waals surface area contributed by atoms with E-state index in [-0.39, 0.29) is 0 Å². The lowest BCUT2D eigenvalue weighted by molar-refractivity contribution is 0.669. The van der Waals surface area contributed by atoms with Gasteiger partial charge >= 0.3 is 0 Å². The minimum Gasteiger partial charge on any atom is -0.456 e. The van der Waals surface area contributed by atoms with Gasteiger partial charge in [0.2, 0.25) is 0 Å². The molecule has 0 amide bonds. The molecule has 0 radical (unpaired) electrons. The summed E-state index contributed by atoms with van der Waals surface area (Å²) in [5.41, 5.74) is 41.5. The molecule has 4 heterocycles. The van der Waals surface area contributed by atoms with E-state index in [0.29, 0.717) is 11.6 Å². The van der Waals surface area contributed by atoms with Crippen molar-refractivity contribution in [2.75, 3.05) is 0 Å². The lowest BCUT2D eigenvalue weighted by atomic mass is 9.65. The standard InChI is InChI=1S/C118H70N4O2/c1-2-27-71(28-3-1)72-29-24-31-75(63-72)107-69-109(77-56-59-92-84-37-8-6-35-82(84)86-39-10-17-48-99(86)117(105(92)65-77)101-50-19-12-41-88(101)89-42-13-20-51-102(89)117)120-115(119-107)79-58-62-96-95-61-55-74(67-112(95)123-113(96)68-79)81-34-5-4-33-80(81)73-30-25-32-76(64-73)108-70-110(122-116(121-108)98-47-26-46-97-94-45-16-23-54-111(94)124-114(97)98)78-57-60-93-85-38-9-7-36-83(85)87-40-11-18-49-100(87)118(106(93)66-78)103-52-21-14-43-90(103)91-44-15-22-53-104(91)118/h1-70H. The Bertz CT molecular complexity index is 8200. The van der Waals surface area contributed by atoms with Gasteiger partial charge in [-0.2, -0.15) is 0 Å². The highest BCUT2D eigenvalue weighted by Crippen LogP contribution is 2.64. The molecule has 4 aliphatic carbocycles. The molecule has 4 aromatic heterocycles. The maximum Gasteiger partial charge on any atom is 0.164 e. The summed E-state index contributed by atoms with van der Waals surface area (Å²) in [5.74, 6) is 1.16. The number of benzene rings is 18. The zero-order valence-corrected chi connectivity index (χ0v) is 67.0. The van der Waals surface area contributed by atoms with E-state index in [4.69, 9.17) is 28.8 Å². The molecule has 0 N–H and O–H groups in total. The first kappa shape index (κ1) is 69.6. The van der Waals surface area contributed by atoms with Gasteiger partial charge in [0.05, 0.1) is 39.2 Å². The fourth-order valence-corrected chi connectivity index (χ4v) is 21.5. The Kier molecular flexibility index (Phi) is 15.2. The molecule has 0 aliphatic heterocycles. The van der Waals surface area contributed by atoms with Crippen LogP contribution in [0.2, 0.25) is 0 Å². The number of rotatable bonds is 9. The summed E-state index contributed by atoms with van der Waals surface area (Å²) in [7, 11) is 0. The first-order valence-corrected chi connectivity index (χ1v) is 42.5. The second-order valence-corrected chi connectivity index (χ2v) is 33.2. The first-order chi connectivity index (χ1) is 61.4. The van der Waals surface area contributed by atoms with Crippen molar-refractivity contribution in [2.24, 2.45) is 0 Å². The van der Waals surface area contributed by atoms with Gasteiger partial charge in [-0.1, -0.05) is 352 Å². The van der Waals surface area contributed by atoms with Crippen LogP contribution in [0, 0.1) is 0 Å². The summed E-state index contributed by atoms with van der Waals surface area (Å²) in [6, 6.07) is 155. The summed E-state index contributed by atoms with van der Waals surface area (Å²) >= 11 is 0. The molecule has 0 saturated heterocycles. The average molecular weight is 1580 g/mol. The lowest BCUT2D eigenvalue weighted by Gasteiger charge is -2.35. The summed E-state index contributed by atoms with van der Waals surface area (Å²) < 4.78 is 14.0. The molecule has 26 rings (SSSR count). The third kappa shape index (κ3) is 10.3. The van der Waals surface area contributed by atoms with Crippen LogP contribution in [0.5, 0.6) is 0 Å². The maximum atomic E-state index is 7.13. The molecule has 18 aromatic carbocycles. The zero-order chi connectivity index (χ0) is 81.3. The second-order valence-electron chi connectivity index (χ2n) is 33.2. The van der Waals surface area contributed by atoms with Crippen LogP contribution in [-0.2, 0) is 10.8 Å². The van der Waals surface area contributed by atoms with E-state index in [0.717, 1.165) is 133 Å². The molecule has 0 unspecified atom stereocenters. The van der Waals surface area contributed by atoms with Gasteiger partial charge in [-0.3, -0.25) is 0 Å². The number of furan rings is 2. The summed E-state index contributed by atoms with van der Waals surface area (Å²) in [5, 5.41) is 4.07. The van der Waals surface area contributed by atoms with E-state index in [1.807, 2.05) is 12.1 Å². The highest BCUT2D eigenvalue weighted by Gasteiger charge is 2.52. The van der Waals surface area contributed by atoms with Crippen LogP contribution in [0.15, 0.2) is 433 Å². The molecule has 2 spiro atoms. The molecule has 0 fully saturated rings. The van der Waals surface area contributed by atoms with E-state index in [9.17, 15) is 0 Å². The normalized spacial score (nSPS) is 13.1. The number of hydrogen-bond acceptors (Lipinski definition) is 6. The number of aromatic nitrogens is 4. The van der Waals surface area contributed by atoms with Gasteiger partial charge < -0.3 is 8.83 Å². The minimum absolute atomic E-state index is 0.567. The number of fused-ring (bicyclic) bond motifs is 30. The minimum atomic E-state index is -0.683. The molecule has 0 atom stereocenters. The number of hydrogen-bond donors (Lipinski definition) is 0. The Morgan fingerprint density at radius 2 is 0.460 bits per heavy atom. The van der Waals surface area contributed by atoms with Crippen molar-refractivity contribution in [3.05, 3.63) is 469 Å². The van der Waals surface area contributed by atoms with Gasteiger partial charge in [-0.05, 0) is 217 Å². The number of nitrogens with zero attached hydrogens (tertiary/aromatic N) is 4. The van der Waals surface area contributed by atoms with Gasteiger partial charge in [0.15, 0.2) is 11.6 Å². The third-order valence-corrected chi connectivity index (χ3v) is 26.8. The molecular formula is C118H70N4O2. The Morgan fingerprint density at radius 1 is 0.153 bits per heavy atom. The fraction of sp³-hybridized carbons (Fsp3) is 0.0169. The van der Waals surface area contributed by atoms with Gasteiger partial charge in [-0.15, -0.1) is 0 Å². The molecule has 22 aromatic rings. The lowest BCUT2D eigenvalue weighted by Crippen LogP contribution is -2.29. The van der Waals surface area contributed by atoms with E-state index in [2.05, 4.69) is 413 Å². The molecular weight excluding hydrogens is 1510 g/mol. The van der Waals surface area contributed by atoms with E-state index < -0.39 is 10.8 Å². The van der Waals surface area contributed by atoms with Gasteiger partial charge in [0, 0.05) is 49.4 Å². The van der Waals surface area contributed by atoms with Crippen molar-refractivity contribution >= 4 is 43.9 Å². The van der Waals surface area contributed by atoms with Gasteiger partial charge in [0.1, 0.15) is 22.3 Å². The quantitative estimate of drug-likeness (QED) is 0.143. The summed E-state index contributed by atoms with van der Waals surface area (Å²) in [4.78, 5) is 22.5. The highest BCUT2D eigenvalue weighted by molar-refractivity contribution is 6.11. The molecule has 124 heavy (non-hydrogen) atoms. The van der Waals surface area contributed by atoms with Crippen LogP contribution in [0.25, 0.3) is 212 Å². The van der Waals surface area contributed by atoms with E-state index in [1.165, 1.54) is 111 Å². The molecule has 4 aliphatic rings. The topological polar surface area (TPSA) is 77.8 Å². The second kappa shape index (κ2) is 27.1. The van der Waals surface area contributed by atoms with Gasteiger partial charge in [0.25, 0.3) is 0 Å². The predicted octanol–water partition coefficient (Wildman–Crippen LogP) is 30.1. The maximum absolute atomic E-state index is 7.13. The van der Waals surface area contributed by atoms with Crippen LogP contribution in [0.1, 0.15) is 44.5 Å². The largest absolute Gasteiger partial charge is 0.456 e. The Labute approximate surface area is 715 Å². The van der Waals surface area contributed by atoms with Crippen molar-refractivity contribution in [3.8, 4) is 168 Å². The Balaban J connectivity index is 0.601. The highest BCUT2D eigenvalue weighted by atomic mass is 16.3. The van der Waals surface area contributed by atoms with Crippen molar-refractivity contribution in [1.82, 2.24) is 19.9 Å². The van der Waals surface area contributed by atoms with Crippen LogP contribution >= 0.6 is 0 Å². The Morgan fingerprint density at radius 3 is 0.944 bits per heavy atom. The SMILES string of the molecule is c1ccc(-c2cccc(-c3cc(-c4ccc5c(c4)C4(c6ccccc6-c6ccccc6-5)c5ccccc5-c5ccccc54)nc(-c4ccc5c(c4)oc4cc(-c6ccccc6-c6cccc(-c7cc(-c8ccc9c(c8)C8(c%10ccccc%10-c%10ccccc%10-9)c9ccccc9-c9ccccc98)nc(-c8cccc9c8oc8ccccc89)n7)c6)ccc45)n3)c2)cc1. The molecule has 6 heteroatoms. The van der Waals surface area contributed by atoms with Crippen LogP contribution in [0.4, 0.5) is 0 Å². The molecule has 0 saturated carbocycles. The third-order valence-electron chi connectivity index (χ3n) is 26.8. The monoisotopic (exact) mass is 1570 g/mol. The Hall–Kier alpha value is -16.3. The summed E-state index contributed by atoms with van der Waals surface area (Å²) in [6.07, 6.45) is 0. The van der Waals surface area contributed by atoms with Crippen LogP contribution in [-0.4, -0.2) is 19.9 Å². The van der Waals surface area contributed by atoms with E-state index >= 15 is 0 Å². The molecule has 0 bridgehead atoms. The van der Waals surface area contributed by atoms with Crippen molar-refractivity contribution in [2.45, 2.75) is 10.8 Å². The van der Waals surface area contributed by atoms with Crippen LogP contribution in [0.3, 0.4) is 0 Å². The fourth-order valence-electron chi connectivity index (χ4n) is 21.5. The van der Waals surface area contributed by atoms with Crippen molar-refractivity contribution in [1.29, 1.82) is 0 Å². The van der Waals surface area contributed by atoms with Crippen molar-refractivity contribution < 1.29 is 8.83 Å². The van der Waals surface area contributed by atoms with E-state index in [1.54, 1.807) is 0 Å². The number of para-hydroxylation sites is 2. The summed E-state index contributed by atoms with van der Waals surface area (Å²) in [6.45, 7) is 0. The van der Waals surface area contributed by atoms with Gasteiger partial charge in [-0.25, -0.2) is 19.9 Å². The van der Waals surface area contributed by atoms with Crippen LogP contribution < -0.4 is 0 Å². The molecule has 6 nitrogen and oxygen atoms in total. The smallest absolute Gasteiger partial charge is 0.164 e. The van der Waals surface area contributed by atoms with Crippen molar-refractivity contribution in [3.63, 3.8) is 0 Å². The predicted molar refractivity (Wildman–Crippen MR) is 505 cm³/mol. The first-order valence-electron chi connectivity index (χ1n) is 42.5.